The van der Waals surface area contributed by atoms with Crippen molar-refractivity contribution in [3.63, 3.8) is 0 Å². The van der Waals surface area contributed by atoms with Gasteiger partial charge in [0.05, 0.1) is 24.4 Å². The van der Waals surface area contributed by atoms with E-state index in [4.69, 9.17) is 0 Å². The molecule has 1 fully saturated rings. The molecule has 3 N–H and O–H groups in total. The fraction of sp³-hybridized carbons (Fsp3) is 0.400. The Morgan fingerprint density at radius 2 is 1.17 bits per heavy atom. The van der Waals surface area contributed by atoms with Crippen molar-refractivity contribution in [1.82, 2.24) is 4.90 Å². The van der Waals surface area contributed by atoms with Gasteiger partial charge in [-0.3, -0.25) is 4.90 Å². The van der Waals surface area contributed by atoms with Crippen LogP contribution in [0.15, 0.2) is 60.7 Å². The zero-order chi connectivity index (χ0) is 16.9. The molecule has 0 heterocycles. The molecule has 4 atom stereocenters. The van der Waals surface area contributed by atoms with E-state index in [1.54, 1.807) is 0 Å². The fourth-order valence-electron chi connectivity index (χ4n) is 3.50. The summed E-state index contributed by atoms with van der Waals surface area (Å²) < 4.78 is 0. The molecular weight excluding hydrogens is 302 g/mol. The van der Waals surface area contributed by atoms with Gasteiger partial charge in [-0.25, -0.2) is 0 Å². The van der Waals surface area contributed by atoms with Crippen LogP contribution in [0.4, 0.5) is 0 Å². The van der Waals surface area contributed by atoms with Crippen LogP contribution in [0.25, 0.3) is 0 Å². The number of hydrogen-bond acceptors (Lipinski definition) is 4. The van der Waals surface area contributed by atoms with Gasteiger partial charge in [0.2, 0.25) is 0 Å². The maximum atomic E-state index is 10.5. The summed E-state index contributed by atoms with van der Waals surface area (Å²) in [5.74, 6) is 0. The molecule has 1 aliphatic carbocycles. The third kappa shape index (κ3) is 4.02. The summed E-state index contributed by atoms with van der Waals surface area (Å²) in [7, 11) is 0. The summed E-state index contributed by atoms with van der Waals surface area (Å²) in [6.45, 7) is 1.22. The highest BCUT2D eigenvalue weighted by atomic mass is 16.3. The second kappa shape index (κ2) is 7.90. The highest BCUT2D eigenvalue weighted by Gasteiger charge is 2.40. The molecule has 0 amide bonds. The van der Waals surface area contributed by atoms with Crippen molar-refractivity contribution in [3.05, 3.63) is 71.8 Å². The average Bonchev–Trinajstić information content (AvgIpc) is 2.60. The molecule has 0 unspecified atom stereocenters. The lowest BCUT2D eigenvalue weighted by molar-refractivity contribution is -0.117. The minimum atomic E-state index is -0.943. The van der Waals surface area contributed by atoms with Gasteiger partial charge in [0.1, 0.15) is 0 Å². The van der Waals surface area contributed by atoms with Crippen LogP contribution in [0.1, 0.15) is 24.0 Å². The Labute approximate surface area is 143 Å². The Morgan fingerprint density at radius 1 is 0.708 bits per heavy atom. The molecule has 2 aromatic carbocycles. The van der Waals surface area contributed by atoms with Crippen molar-refractivity contribution in [2.24, 2.45) is 0 Å². The van der Waals surface area contributed by atoms with Gasteiger partial charge < -0.3 is 15.3 Å². The molecule has 4 heteroatoms. The summed E-state index contributed by atoms with van der Waals surface area (Å²) in [6.07, 6.45) is -1.43. The lowest BCUT2D eigenvalue weighted by Crippen LogP contribution is -2.57. The van der Waals surface area contributed by atoms with Gasteiger partial charge in [0.25, 0.3) is 0 Å². The van der Waals surface area contributed by atoms with E-state index in [0.717, 1.165) is 11.1 Å². The maximum Gasteiger partial charge on any atom is 0.0979 e. The van der Waals surface area contributed by atoms with Crippen molar-refractivity contribution in [2.75, 3.05) is 0 Å². The van der Waals surface area contributed by atoms with E-state index in [9.17, 15) is 15.3 Å². The molecule has 4 nitrogen and oxygen atoms in total. The van der Waals surface area contributed by atoms with Gasteiger partial charge >= 0.3 is 0 Å². The first-order chi connectivity index (χ1) is 11.6. The van der Waals surface area contributed by atoms with E-state index in [1.807, 2.05) is 60.7 Å². The van der Waals surface area contributed by atoms with Crippen molar-refractivity contribution in [2.45, 2.75) is 50.3 Å². The van der Waals surface area contributed by atoms with Crippen molar-refractivity contribution in [3.8, 4) is 0 Å². The Kier molecular flexibility index (Phi) is 5.63. The van der Waals surface area contributed by atoms with Gasteiger partial charge in [-0.2, -0.15) is 0 Å². The molecule has 128 valence electrons. The van der Waals surface area contributed by atoms with Crippen LogP contribution in [0, 0.1) is 0 Å². The first kappa shape index (κ1) is 17.1. The smallest absolute Gasteiger partial charge is 0.0979 e. The number of benzene rings is 2. The van der Waals surface area contributed by atoms with E-state index in [0.29, 0.717) is 25.9 Å². The standard InChI is InChI=1S/C20H25NO3/c22-17-11-12-18(23)20(24)19(17)21(13-15-7-3-1-4-8-15)14-16-9-5-2-6-10-16/h1-10,17-20,22-24H,11-14H2/t17-,18+,19+,20-/m1/s1. The zero-order valence-corrected chi connectivity index (χ0v) is 13.7. The fourth-order valence-corrected chi connectivity index (χ4v) is 3.50. The molecule has 0 saturated heterocycles. The predicted molar refractivity (Wildman–Crippen MR) is 93.2 cm³/mol. The minimum Gasteiger partial charge on any atom is -0.391 e. The second-order valence-corrected chi connectivity index (χ2v) is 6.57. The Bertz CT molecular complexity index is 578. The van der Waals surface area contributed by atoms with Crippen molar-refractivity contribution >= 4 is 0 Å². The summed E-state index contributed by atoms with van der Waals surface area (Å²) in [4.78, 5) is 2.07. The molecule has 3 rings (SSSR count). The first-order valence-corrected chi connectivity index (χ1v) is 8.51. The third-order valence-electron chi connectivity index (χ3n) is 4.78. The Hall–Kier alpha value is -1.72. The van der Waals surface area contributed by atoms with Gasteiger partial charge in [-0.15, -0.1) is 0 Å². The molecule has 2 aromatic rings. The van der Waals surface area contributed by atoms with Gasteiger partial charge in [-0.1, -0.05) is 60.7 Å². The second-order valence-electron chi connectivity index (χ2n) is 6.57. The molecule has 1 saturated carbocycles. The molecule has 0 aromatic heterocycles. The van der Waals surface area contributed by atoms with E-state index in [-0.39, 0.29) is 0 Å². The lowest BCUT2D eigenvalue weighted by atomic mass is 9.86. The average molecular weight is 327 g/mol. The van der Waals surface area contributed by atoms with Crippen LogP contribution >= 0.6 is 0 Å². The van der Waals surface area contributed by atoms with E-state index < -0.39 is 24.4 Å². The minimum absolute atomic E-state index is 0.434. The van der Waals surface area contributed by atoms with E-state index in [1.165, 1.54) is 0 Å². The van der Waals surface area contributed by atoms with E-state index >= 15 is 0 Å². The maximum absolute atomic E-state index is 10.5. The number of hydrogen-bond donors (Lipinski definition) is 3. The highest BCUT2D eigenvalue weighted by molar-refractivity contribution is 5.18. The van der Waals surface area contributed by atoms with Crippen LogP contribution in [0.2, 0.25) is 0 Å². The molecule has 0 spiro atoms. The number of rotatable bonds is 5. The zero-order valence-electron chi connectivity index (χ0n) is 13.7. The molecule has 0 aliphatic heterocycles. The van der Waals surface area contributed by atoms with E-state index in [2.05, 4.69) is 4.90 Å². The lowest BCUT2D eigenvalue weighted by Gasteiger charge is -2.42. The molecule has 1 aliphatic rings. The van der Waals surface area contributed by atoms with Crippen LogP contribution in [0.3, 0.4) is 0 Å². The predicted octanol–water partition coefficient (Wildman–Crippen LogP) is 1.93. The summed E-state index contributed by atoms with van der Waals surface area (Å²) in [5.41, 5.74) is 2.24. The van der Waals surface area contributed by atoms with Crippen molar-refractivity contribution in [1.29, 1.82) is 0 Å². The number of aliphatic hydroxyl groups excluding tert-OH is 3. The van der Waals surface area contributed by atoms with Crippen LogP contribution in [0.5, 0.6) is 0 Å². The molecular formula is C20H25NO3. The molecule has 0 bridgehead atoms. The number of aliphatic hydroxyl groups is 3. The SMILES string of the molecule is O[C@H]1[C@@H](N(Cc2ccccc2)Cc2ccccc2)[C@H](O)CC[C@@H]1O. The first-order valence-electron chi connectivity index (χ1n) is 8.51. The van der Waals surface area contributed by atoms with Crippen LogP contribution in [-0.2, 0) is 13.1 Å². The third-order valence-corrected chi connectivity index (χ3v) is 4.78. The summed E-state index contributed by atoms with van der Waals surface area (Å²) >= 11 is 0. The normalized spacial score (nSPS) is 27.3. The largest absolute Gasteiger partial charge is 0.391 e. The Morgan fingerprint density at radius 3 is 1.67 bits per heavy atom. The summed E-state index contributed by atoms with van der Waals surface area (Å²) in [6, 6.07) is 19.6. The number of nitrogens with zero attached hydrogens (tertiary/aromatic N) is 1. The monoisotopic (exact) mass is 327 g/mol. The molecule has 0 radical (unpaired) electrons. The van der Waals surface area contributed by atoms with Gasteiger partial charge in [-0.05, 0) is 24.0 Å². The highest BCUT2D eigenvalue weighted by Crippen LogP contribution is 2.27. The van der Waals surface area contributed by atoms with Crippen molar-refractivity contribution < 1.29 is 15.3 Å². The van der Waals surface area contributed by atoms with Gasteiger partial charge in [0.15, 0.2) is 0 Å². The van der Waals surface area contributed by atoms with Crippen LogP contribution in [-0.4, -0.2) is 44.6 Å². The van der Waals surface area contributed by atoms with Crippen LogP contribution < -0.4 is 0 Å². The molecule has 24 heavy (non-hydrogen) atoms. The summed E-state index contributed by atoms with van der Waals surface area (Å²) in [5, 5.41) is 31.0. The quantitative estimate of drug-likeness (QED) is 0.785. The Balaban J connectivity index is 1.85. The topological polar surface area (TPSA) is 63.9 Å². The van der Waals surface area contributed by atoms with Gasteiger partial charge in [0, 0.05) is 13.1 Å².